The van der Waals surface area contributed by atoms with Crippen molar-refractivity contribution >= 4 is 22.6 Å². The van der Waals surface area contributed by atoms with Gasteiger partial charge in [-0.25, -0.2) is 18.3 Å². The highest BCUT2D eigenvalue weighted by Crippen LogP contribution is 2.31. The van der Waals surface area contributed by atoms with Gasteiger partial charge in [0.25, 0.3) is 17.4 Å². The Morgan fingerprint density at radius 2 is 1.82 bits per heavy atom. The Kier molecular flexibility index (Phi) is 5.38. The zero-order valence-electron chi connectivity index (χ0n) is 18.1. The number of benzene rings is 2. The van der Waals surface area contributed by atoms with E-state index in [4.69, 9.17) is 0 Å². The number of nitrogens with one attached hydrogen (secondary N) is 1. The van der Waals surface area contributed by atoms with Crippen molar-refractivity contribution in [1.82, 2.24) is 20.0 Å². The van der Waals surface area contributed by atoms with Crippen LogP contribution >= 0.6 is 0 Å². The maximum absolute atomic E-state index is 14.7. The molecule has 5 rings (SSSR count). The summed E-state index contributed by atoms with van der Waals surface area (Å²) in [5.74, 6) is -5.18. The fourth-order valence-electron chi connectivity index (χ4n) is 4.67. The molecule has 34 heavy (non-hydrogen) atoms. The minimum absolute atomic E-state index is 0.00687. The Labute approximate surface area is 192 Å². The van der Waals surface area contributed by atoms with E-state index in [2.05, 4.69) is 10.2 Å². The molecule has 2 aromatic carbocycles. The molecule has 3 aromatic rings. The van der Waals surface area contributed by atoms with Gasteiger partial charge >= 0.3 is 0 Å². The van der Waals surface area contributed by atoms with Crippen LogP contribution < -0.4 is 5.56 Å². The molecule has 2 amide bonds. The average molecular weight is 470 g/mol. The van der Waals surface area contributed by atoms with Crippen molar-refractivity contribution in [1.29, 1.82) is 0 Å². The SMILES string of the molecule is O=C(c1cc(-c2n[nH]c(=O)c3ccccc23)ccc1F)N1CCC(C(=O)N2CCC(F)(F)C2)C1. The maximum atomic E-state index is 14.7. The second-order valence-corrected chi connectivity index (χ2v) is 8.74. The molecule has 0 spiro atoms. The Morgan fingerprint density at radius 3 is 2.56 bits per heavy atom. The number of halogens is 3. The van der Waals surface area contributed by atoms with Gasteiger partial charge in [-0.2, -0.15) is 5.10 Å². The van der Waals surface area contributed by atoms with Crippen LogP contribution in [0.4, 0.5) is 13.2 Å². The lowest BCUT2D eigenvalue weighted by Gasteiger charge is -2.21. The normalized spacial score (nSPS) is 19.7. The van der Waals surface area contributed by atoms with Crippen LogP contribution in [0.1, 0.15) is 23.2 Å². The highest BCUT2D eigenvalue weighted by molar-refractivity contribution is 5.99. The smallest absolute Gasteiger partial charge is 0.272 e. The first-order chi connectivity index (χ1) is 16.2. The average Bonchev–Trinajstić information content (AvgIpc) is 3.46. The van der Waals surface area contributed by atoms with Gasteiger partial charge in [0.15, 0.2) is 0 Å². The zero-order chi connectivity index (χ0) is 24.0. The summed E-state index contributed by atoms with van der Waals surface area (Å²) in [5.41, 5.74) is 0.300. The molecule has 7 nitrogen and oxygen atoms in total. The lowest BCUT2D eigenvalue weighted by Crippen LogP contribution is -2.38. The summed E-state index contributed by atoms with van der Waals surface area (Å²) < 4.78 is 41.6. The minimum Gasteiger partial charge on any atom is -0.338 e. The number of alkyl halides is 2. The van der Waals surface area contributed by atoms with E-state index < -0.39 is 36.0 Å². The molecule has 2 saturated heterocycles. The number of rotatable bonds is 3. The van der Waals surface area contributed by atoms with Crippen molar-refractivity contribution in [2.24, 2.45) is 5.92 Å². The molecule has 1 N–H and O–H groups in total. The number of likely N-dealkylation sites (tertiary alicyclic amines) is 2. The molecule has 0 radical (unpaired) electrons. The highest BCUT2D eigenvalue weighted by Gasteiger charge is 2.43. The maximum Gasteiger partial charge on any atom is 0.272 e. The lowest BCUT2D eigenvalue weighted by atomic mass is 10.0. The zero-order valence-corrected chi connectivity index (χ0v) is 18.1. The molecule has 0 aliphatic carbocycles. The number of carbonyl (C=O) groups is 2. The van der Waals surface area contributed by atoms with E-state index in [1.807, 2.05) is 0 Å². The summed E-state index contributed by atoms with van der Waals surface area (Å²) in [5, 5.41) is 7.49. The minimum atomic E-state index is -2.88. The van der Waals surface area contributed by atoms with E-state index in [1.54, 1.807) is 24.3 Å². The first-order valence-electron chi connectivity index (χ1n) is 11.0. The standard InChI is InChI=1S/C24H21F3N4O3/c25-19-6-5-14(20-16-3-1-2-4-17(16)21(32)29-28-20)11-18(19)23(34)30-9-7-15(12-30)22(33)31-10-8-24(26,27)13-31/h1-6,11,15H,7-10,12-13H2,(H,29,32). The van der Waals surface area contributed by atoms with Crippen molar-refractivity contribution in [3.8, 4) is 11.3 Å². The molecule has 10 heteroatoms. The van der Waals surface area contributed by atoms with Crippen LogP contribution in [0.15, 0.2) is 47.3 Å². The molecule has 2 fully saturated rings. The van der Waals surface area contributed by atoms with Crippen LogP contribution in [0.25, 0.3) is 22.0 Å². The molecule has 0 saturated carbocycles. The Balaban J connectivity index is 1.39. The van der Waals surface area contributed by atoms with Crippen molar-refractivity contribution in [2.45, 2.75) is 18.8 Å². The monoisotopic (exact) mass is 470 g/mol. The second kappa shape index (κ2) is 8.27. The molecule has 3 heterocycles. The summed E-state index contributed by atoms with van der Waals surface area (Å²) in [6.45, 7) is -0.341. The first-order valence-corrected chi connectivity index (χ1v) is 11.0. The van der Waals surface area contributed by atoms with Gasteiger partial charge in [0.05, 0.1) is 29.1 Å². The molecular weight excluding hydrogens is 449 g/mol. The van der Waals surface area contributed by atoms with E-state index in [0.717, 1.165) is 11.0 Å². The lowest BCUT2D eigenvalue weighted by molar-refractivity contribution is -0.135. The largest absolute Gasteiger partial charge is 0.338 e. The van der Waals surface area contributed by atoms with Crippen molar-refractivity contribution in [3.63, 3.8) is 0 Å². The first kappa shape index (κ1) is 22.1. The van der Waals surface area contributed by atoms with E-state index in [0.29, 0.717) is 28.5 Å². The van der Waals surface area contributed by atoms with Gasteiger partial charge in [0.1, 0.15) is 5.82 Å². The summed E-state index contributed by atoms with van der Waals surface area (Å²) in [6.07, 6.45) is -0.0281. The Bertz CT molecular complexity index is 1360. The van der Waals surface area contributed by atoms with Crippen LogP contribution in [0.3, 0.4) is 0 Å². The Hall–Kier alpha value is -3.69. The van der Waals surface area contributed by atoms with Gasteiger partial charge in [-0.15, -0.1) is 0 Å². The third-order valence-electron chi connectivity index (χ3n) is 6.47. The van der Waals surface area contributed by atoms with E-state index >= 15 is 0 Å². The van der Waals surface area contributed by atoms with Crippen molar-refractivity contribution in [2.75, 3.05) is 26.2 Å². The quantitative estimate of drug-likeness (QED) is 0.638. The number of H-pyrrole nitrogens is 1. The van der Waals surface area contributed by atoms with E-state index in [1.165, 1.54) is 17.0 Å². The van der Waals surface area contributed by atoms with Gasteiger partial charge in [0, 0.05) is 37.0 Å². The van der Waals surface area contributed by atoms with Gasteiger partial charge in [0.2, 0.25) is 5.91 Å². The number of fused-ring (bicyclic) bond motifs is 1. The highest BCUT2D eigenvalue weighted by atomic mass is 19.3. The molecule has 1 atom stereocenters. The van der Waals surface area contributed by atoms with Crippen molar-refractivity contribution in [3.05, 3.63) is 64.2 Å². The van der Waals surface area contributed by atoms with Gasteiger partial charge in [-0.3, -0.25) is 14.4 Å². The fourth-order valence-corrected chi connectivity index (χ4v) is 4.67. The number of aromatic amines is 1. The molecule has 176 valence electrons. The molecule has 1 aromatic heterocycles. The number of nitrogens with zero attached hydrogens (tertiary/aromatic N) is 3. The van der Waals surface area contributed by atoms with Crippen LogP contribution in [0.2, 0.25) is 0 Å². The molecule has 0 bridgehead atoms. The van der Waals surface area contributed by atoms with Crippen LogP contribution in [0, 0.1) is 11.7 Å². The predicted molar refractivity (Wildman–Crippen MR) is 118 cm³/mol. The molecular formula is C24H21F3N4O3. The van der Waals surface area contributed by atoms with Gasteiger partial charge < -0.3 is 9.80 Å². The summed E-state index contributed by atoms with van der Waals surface area (Å²) in [4.78, 5) is 40.4. The number of aromatic nitrogens is 2. The molecule has 2 aliphatic rings. The van der Waals surface area contributed by atoms with Crippen LogP contribution in [0.5, 0.6) is 0 Å². The third-order valence-corrected chi connectivity index (χ3v) is 6.47. The second-order valence-electron chi connectivity index (χ2n) is 8.74. The topological polar surface area (TPSA) is 86.4 Å². The predicted octanol–water partition coefficient (Wildman–Crippen LogP) is 3.06. The summed E-state index contributed by atoms with van der Waals surface area (Å²) >= 11 is 0. The van der Waals surface area contributed by atoms with Gasteiger partial charge in [-0.05, 0) is 30.7 Å². The van der Waals surface area contributed by atoms with Gasteiger partial charge in [-0.1, -0.05) is 18.2 Å². The number of carbonyl (C=O) groups excluding carboxylic acids is 2. The molecule has 2 aliphatic heterocycles. The number of amides is 2. The fraction of sp³-hybridized carbons (Fsp3) is 0.333. The van der Waals surface area contributed by atoms with E-state index in [9.17, 15) is 27.6 Å². The van der Waals surface area contributed by atoms with Crippen LogP contribution in [-0.4, -0.2) is 63.9 Å². The Morgan fingerprint density at radius 1 is 1.06 bits per heavy atom. The van der Waals surface area contributed by atoms with Crippen LogP contribution in [-0.2, 0) is 4.79 Å². The number of hydrogen-bond acceptors (Lipinski definition) is 4. The van der Waals surface area contributed by atoms with Crippen molar-refractivity contribution < 1.29 is 22.8 Å². The van der Waals surface area contributed by atoms with E-state index in [-0.39, 0.29) is 37.2 Å². The summed E-state index contributed by atoms with van der Waals surface area (Å²) in [6, 6.07) is 10.8. The third kappa shape index (κ3) is 3.93. The molecule has 1 unspecified atom stereocenters. The summed E-state index contributed by atoms with van der Waals surface area (Å²) in [7, 11) is 0. The number of hydrogen-bond donors (Lipinski definition) is 1.